The van der Waals surface area contributed by atoms with Gasteiger partial charge in [0, 0.05) is 18.2 Å². The molecule has 0 bridgehead atoms. The van der Waals surface area contributed by atoms with Crippen LogP contribution >= 0.6 is 0 Å². The lowest BCUT2D eigenvalue weighted by Crippen LogP contribution is -2.58. The average Bonchev–Trinajstić information content (AvgIpc) is 3.50. The van der Waals surface area contributed by atoms with E-state index in [4.69, 9.17) is 0 Å². The maximum atomic E-state index is 14.4. The Labute approximate surface area is 273 Å². The average molecular weight is 656 g/mol. The van der Waals surface area contributed by atoms with E-state index in [1.807, 2.05) is 18.2 Å². The molecule has 5 rings (SSSR count). The SMILES string of the molecule is CN[C@@H](C)C(=O)N[C@H](C(=O)N1C[C@@H](NC(=O)c2ccc(C(F)(F)F)cc2)C[C@H]1C(=O)N[C@@H]1CCCc2ccccc21)C1CCCCC1. The molecule has 2 fully saturated rings. The molecule has 1 saturated carbocycles. The molecular formula is C35H44F3N5O4. The molecule has 2 aromatic rings. The van der Waals surface area contributed by atoms with E-state index in [-0.39, 0.29) is 48.2 Å². The summed E-state index contributed by atoms with van der Waals surface area (Å²) in [5, 5.41) is 11.9. The van der Waals surface area contributed by atoms with Crippen molar-refractivity contribution in [3.05, 3.63) is 70.8 Å². The number of likely N-dealkylation sites (N-methyl/N-ethyl adjacent to an activating group) is 1. The Kier molecular flexibility index (Phi) is 10.9. The number of nitrogens with zero attached hydrogens (tertiary/aromatic N) is 1. The molecule has 0 unspecified atom stereocenters. The van der Waals surface area contributed by atoms with Gasteiger partial charge in [0.05, 0.1) is 17.6 Å². The third-order valence-electron chi connectivity index (χ3n) is 9.89. The second-order valence-electron chi connectivity index (χ2n) is 13.0. The van der Waals surface area contributed by atoms with Crippen molar-refractivity contribution < 1.29 is 32.3 Å². The van der Waals surface area contributed by atoms with E-state index in [1.54, 1.807) is 14.0 Å². The summed E-state index contributed by atoms with van der Waals surface area (Å²) in [5.41, 5.74) is 1.39. The minimum Gasteiger partial charge on any atom is -0.347 e. The smallest absolute Gasteiger partial charge is 0.347 e. The van der Waals surface area contributed by atoms with Gasteiger partial charge in [0.2, 0.25) is 17.7 Å². The number of carbonyl (C=O) groups is 4. The number of amides is 4. The Balaban J connectivity index is 1.39. The van der Waals surface area contributed by atoms with Crippen molar-refractivity contribution in [2.24, 2.45) is 5.92 Å². The Bertz CT molecular complexity index is 1440. The van der Waals surface area contributed by atoms with Crippen LogP contribution in [0.25, 0.3) is 0 Å². The van der Waals surface area contributed by atoms with Crippen LogP contribution in [0.5, 0.6) is 0 Å². The minimum atomic E-state index is -4.53. The van der Waals surface area contributed by atoms with Gasteiger partial charge in [0.15, 0.2) is 0 Å². The summed E-state index contributed by atoms with van der Waals surface area (Å²) in [4.78, 5) is 56.1. The van der Waals surface area contributed by atoms with Gasteiger partial charge in [-0.1, -0.05) is 43.5 Å². The lowest BCUT2D eigenvalue weighted by Gasteiger charge is -2.35. The third-order valence-corrected chi connectivity index (χ3v) is 9.89. The maximum absolute atomic E-state index is 14.4. The number of likely N-dealkylation sites (tertiary alicyclic amines) is 1. The van der Waals surface area contributed by atoms with Crippen LogP contribution in [-0.2, 0) is 27.0 Å². The van der Waals surface area contributed by atoms with Crippen molar-refractivity contribution in [1.82, 2.24) is 26.2 Å². The first-order valence-corrected chi connectivity index (χ1v) is 16.6. The number of nitrogens with one attached hydrogen (secondary N) is 4. The van der Waals surface area contributed by atoms with Crippen LogP contribution in [0.3, 0.4) is 0 Å². The van der Waals surface area contributed by atoms with E-state index < -0.39 is 41.8 Å². The summed E-state index contributed by atoms with van der Waals surface area (Å²) >= 11 is 0. The summed E-state index contributed by atoms with van der Waals surface area (Å²) in [5.74, 6) is -1.73. The molecule has 4 amide bonds. The zero-order valence-electron chi connectivity index (χ0n) is 26.9. The van der Waals surface area contributed by atoms with Crippen LogP contribution < -0.4 is 21.3 Å². The molecule has 47 heavy (non-hydrogen) atoms. The van der Waals surface area contributed by atoms with Gasteiger partial charge in [-0.05, 0) is 93.8 Å². The molecule has 2 aliphatic carbocycles. The van der Waals surface area contributed by atoms with Crippen LogP contribution in [0.2, 0.25) is 0 Å². The van der Waals surface area contributed by atoms with Crippen LogP contribution in [0.1, 0.15) is 91.4 Å². The fraction of sp³-hybridized carbons (Fsp3) is 0.543. The quantitative estimate of drug-likeness (QED) is 0.322. The Hall–Kier alpha value is -3.93. The van der Waals surface area contributed by atoms with E-state index in [2.05, 4.69) is 27.3 Å². The number of rotatable bonds is 9. The number of alkyl halides is 3. The molecule has 4 N–H and O–H groups in total. The van der Waals surface area contributed by atoms with Crippen molar-refractivity contribution in [2.45, 2.75) is 101 Å². The fourth-order valence-corrected chi connectivity index (χ4v) is 7.12. The highest BCUT2D eigenvalue weighted by atomic mass is 19.4. The molecule has 9 nitrogen and oxygen atoms in total. The van der Waals surface area contributed by atoms with Crippen LogP contribution in [0.15, 0.2) is 48.5 Å². The molecule has 0 aromatic heterocycles. The summed E-state index contributed by atoms with van der Waals surface area (Å²) in [6.07, 6.45) is 2.61. The summed E-state index contributed by atoms with van der Waals surface area (Å²) < 4.78 is 39.2. The first-order chi connectivity index (χ1) is 22.5. The highest BCUT2D eigenvalue weighted by molar-refractivity contribution is 5.96. The third kappa shape index (κ3) is 8.14. The number of fused-ring (bicyclic) bond motifs is 1. The molecule has 0 radical (unpaired) electrons. The van der Waals surface area contributed by atoms with Crippen molar-refractivity contribution in [3.63, 3.8) is 0 Å². The minimum absolute atomic E-state index is 0.0191. The highest BCUT2D eigenvalue weighted by Gasteiger charge is 2.45. The Morgan fingerprint density at radius 3 is 2.28 bits per heavy atom. The van der Waals surface area contributed by atoms with Gasteiger partial charge in [-0.2, -0.15) is 13.2 Å². The molecule has 2 aromatic carbocycles. The zero-order chi connectivity index (χ0) is 33.7. The number of carbonyl (C=O) groups excluding carboxylic acids is 4. The Morgan fingerprint density at radius 2 is 1.60 bits per heavy atom. The summed E-state index contributed by atoms with van der Waals surface area (Å²) in [6, 6.07) is 8.72. The van der Waals surface area contributed by atoms with Crippen molar-refractivity contribution >= 4 is 23.6 Å². The molecule has 254 valence electrons. The Morgan fingerprint density at radius 1 is 0.894 bits per heavy atom. The van der Waals surface area contributed by atoms with Gasteiger partial charge in [-0.25, -0.2) is 0 Å². The van der Waals surface area contributed by atoms with E-state index >= 15 is 0 Å². The van der Waals surface area contributed by atoms with Crippen molar-refractivity contribution in [1.29, 1.82) is 0 Å². The maximum Gasteiger partial charge on any atom is 0.416 e. The molecular weight excluding hydrogens is 611 g/mol. The molecule has 1 saturated heterocycles. The van der Waals surface area contributed by atoms with Gasteiger partial charge in [-0.15, -0.1) is 0 Å². The monoisotopic (exact) mass is 655 g/mol. The van der Waals surface area contributed by atoms with Gasteiger partial charge >= 0.3 is 6.18 Å². The van der Waals surface area contributed by atoms with E-state index in [9.17, 15) is 32.3 Å². The largest absolute Gasteiger partial charge is 0.416 e. The molecule has 1 heterocycles. The van der Waals surface area contributed by atoms with E-state index in [0.29, 0.717) is 0 Å². The second kappa shape index (κ2) is 14.9. The number of hydrogen-bond donors (Lipinski definition) is 4. The predicted molar refractivity (Wildman–Crippen MR) is 170 cm³/mol. The standard InChI is InChI=1S/C35H44F3N5O4/c1-21(39-2)31(44)42-30(23-10-4-3-5-11-23)34(47)43-20-26(40-32(45)24-15-17-25(18-16-24)35(36,37)38)19-29(43)33(46)41-28-14-8-12-22-9-6-7-13-27(22)28/h6-7,9,13,15-18,21,23,26,28-30,39H,3-5,8,10-12,14,19-20H2,1-2H3,(H,40,45)(H,41,46)(H,42,44)/t21-,26-,28+,29-,30-/m0/s1. The highest BCUT2D eigenvalue weighted by Crippen LogP contribution is 2.33. The number of halogens is 3. The lowest BCUT2D eigenvalue weighted by molar-refractivity contribution is -0.143. The van der Waals surface area contributed by atoms with E-state index in [0.717, 1.165) is 81.2 Å². The summed E-state index contributed by atoms with van der Waals surface area (Å²) in [6.45, 7) is 1.73. The number of aryl methyl sites for hydroxylation is 1. The van der Waals surface area contributed by atoms with Crippen LogP contribution in [0, 0.1) is 5.92 Å². The summed E-state index contributed by atoms with van der Waals surface area (Å²) in [7, 11) is 1.66. The molecule has 12 heteroatoms. The number of hydrogen-bond acceptors (Lipinski definition) is 5. The first kappa shape index (κ1) is 34.4. The van der Waals surface area contributed by atoms with Gasteiger partial charge < -0.3 is 26.2 Å². The molecule has 0 spiro atoms. The van der Waals surface area contributed by atoms with Crippen LogP contribution in [-0.4, -0.2) is 66.3 Å². The lowest BCUT2D eigenvalue weighted by atomic mass is 9.83. The van der Waals surface area contributed by atoms with E-state index in [1.165, 1.54) is 10.5 Å². The predicted octanol–water partition coefficient (Wildman–Crippen LogP) is 4.27. The van der Waals surface area contributed by atoms with Gasteiger partial charge in [0.1, 0.15) is 12.1 Å². The zero-order valence-corrected chi connectivity index (χ0v) is 26.9. The topological polar surface area (TPSA) is 120 Å². The van der Waals surface area contributed by atoms with Gasteiger partial charge in [-0.3, -0.25) is 19.2 Å². The van der Waals surface area contributed by atoms with Crippen molar-refractivity contribution in [3.8, 4) is 0 Å². The van der Waals surface area contributed by atoms with Crippen molar-refractivity contribution in [2.75, 3.05) is 13.6 Å². The number of benzene rings is 2. The molecule has 1 aliphatic heterocycles. The van der Waals surface area contributed by atoms with Crippen LogP contribution in [0.4, 0.5) is 13.2 Å². The first-order valence-electron chi connectivity index (χ1n) is 16.6. The second-order valence-corrected chi connectivity index (χ2v) is 13.0. The van der Waals surface area contributed by atoms with Gasteiger partial charge in [0.25, 0.3) is 5.91 Å². The normalized spacial score (nSPS) is 22.9. The molecule has 5 atom stereocenters. The fourth-order valence-electron chi connectivity index (χ4n) is 7.12. The molecule has 3 aliphatic rings.